The third kappa shape index (κ3) is 9.79. The van der Waals surface area contributed by atoms with Crippen LogP contribution in [0.2, 0.25) is 0 Å². The van der Waals surface area contributed by atoms with Gasteiger partial charge in [0.1, 0.15) is 35.1 Å². The van der Waals surface area contributed by atoms with Crippen LogP contribution in [-0.2, 0) is 46.5 Å². The van der Waals surface area contributed by atoms with E-state index in [1.165, 1.54) is 34.9 Å². The fourth-order valence-electron chi connectivity index (χ4n) is 9.57. The molecule has 20 heteroatoms. The van der Waals surface area contributed by atoms with Crippen molar-refractivity contribution in [1.29, 1.82) is 0 Å². The summed E-state index contributed by atoms with van der Waals surface area (Å²) in [4.78, 5) is 63.7. The Morgan fingerprint density at radius 1 is 1.03 bits per heavy atom. The number of halogens is 5. The number of pyridine rings is 1. The number of carbonyl (C=O) groups is 4. The van der Waals surface area contributed by atoms with Crippen molar-refractivity contribution in [3.05, 3.63) is 41.6 Å². The lowest BCUT2D eigenvalue weighted by Crippen LogP contribution is -2.57. The lowest BCUT2D eigenvalue weighted by molar-refractivity contribution is -0.159. The quantitative estimate of drug-likeness (QED) is 0.172. The Bertz CT molecular complexity index is 2400. The molecule has 0 bridgehead atoms. The second-order valence-corrected chi connectivity index (χ2v) is 22.2. The summed E-state index contributed by atoms with van der Waals surface area (Å²) < 4.78 is 117. The van der Waals surface area contributed by atoms with E-state index < -0.39 is 110 Å². The van der Waals surface area contributed by atoms with Crippen LogP contribution in [0.4, 0.5) is 22.0 Å². The molecule has 1 aromatic carbocycles. The number of alkyl halides is 5. The summed E-state index contributed by atoms with van der Waals surface area (Å²) in [5.41, 5.74) is -5.25. The molecule has 5 atom stereocenters. The monoisotopic (exact) mass is 937 g/mol. The van der Waals surface area contributed by atoms with Crippen molar-refractivity contribution in [2.45, 2.75) is 144 Å². The summed E-state index contributed by atoms with van der Waals surface area (Å²) in [6.07, 6.45) is 1.61. The molecule has 5 heterocycles. The fraction of sp³-hybridized carbons (Fsp3) is 0.667. The molecule has 1 aromatic heterocycles. The molecule has 2 N–H and O–H groups in total. The highest BCUT2D eigenvalue weighted by molar-refractivity contribution is 7.91. The summed E-state index contributed by atoms with van der Waals surface area (Å²) in [5.74, 6) is -7.60. The number of benzene rings is 1. The number of nitrogens with zero attached hydrogens (tertiary/aromatic N) is 3. The van der Waals surface area contributed by atoms with Gasteiger partial charge in [-0.1, -0.05) is 25.0 Å². The molecule has 1 spiro atoms. The number of allylic oxidation sites excluding steroid dienone is 1. The number of hydrogen-bond acceptors (Lipinski definition) is 11. The number of fused-ring (bicyclic) bond motifs is 5. The summed E-state index contributed by atoms with van der Waals surface area (Å²) in [6.45, 7) is 5.72. The minimum Gasteiger partial charge on any atom is -0.492 e. The van der Waals surface area contributed by atoms with Crippen LogP contribution in [0, 0.1) is 11.8 Å². The molecular formula is C45H56F5N5O9S. The Balaban J connectivity index is 1.13. The van der Waals surface area contributed by atoms with Crippen LogP contribution in [0.15, 0.2) is 30.4 Å². The first-order valence-corrected chi connectivity index (χ1v) is 23.8. The Labute approximate surface area is 374 Å². The van der Waals surface area contributed by atoms with Gasteiger partial charge < -0.3 is 24.4 Å². The van der Waals surface area contributed by atoms with E-state index in [0.717, 1.165) is 0 Å². The average Bonchev–Trinajstić information content (AvgIpc) is 4.09. The maximum Gasteiger partial charge on any atom is 0.437 e. The molecule has 2 saturated carbocycles. The van der Waals surface area contributed by atoms with Crippen LogP contribution in [0.1, 0.15) is 110 Å². The number of aryl methyl sites for hydroxylation is 1. The van der Waals surface area contributed by atoms with Gasteiger partial charge in [0, 0.05) is 35.8 Å². The zero-order valence-electron chi connectivity index (χ0n) is 37.0. The predicted octanol–water partition coefficient (Wildman–Crippen LogP) is 5.99. The van der Waals surface area contributed by atoms with Gasteiger partial charge in [-0.3, -0.25) is 28.8 Å². The Morgan fingerprint density at radius 2 is 1.77 bits per heavy atom. The molecule has 0 radical (unpaired) electrons. The van der Waals surface area contributed by atoms with E-state index in [9.17, 15) is 49.5 Å². The van der Waals surface area contributed by atoms with E-state index >= 15 is 0 Å². The Kier molecular flexibility index (Phi) is 12.0. The van der Waals surface area contributed by atoms with Gasteiger partial charge >= 0.3 is 12.1 Å². The number of likely N-dealkylation sites (tertiary alicyclic amines) is 1. The summed E-state index contributed by atoms with van der Waals surface area (Å²) in [5, 5.41) is 3.11. The van der Waals surface area contributed by atoms with Gasteiger partial charge in [0.15, 0.2) is 11.4 Å². The van der Waals surface area contributed by atoms with Gasteiger partial charge in [-0.15, -0.1) is 0 Å². The molecule has 2 saturated heterocycles. The molecule has 0 unspecified atom stereocenters. The lowest BCUT2D eigenvalue weighted by Gasteiger charge is -2.38. The van der Waals surface area contributed by atoms with Crippen molar-refractivity contribution in [2.75, 3.05) is 32.8 Å². The van der Waals surface area contributed by atoms with E-state index in [2.05, 4.69) is 15.0 Å². The van der Waals surface area contributed by atoms with Crippen LogP contribution in [-0.4, -0.2) is 113 Å². The molecule has 356 valence electrons. The first-order chi connectivity index (χ1) is 30.3. The number of ether oxygens (including phenoxy) is 3. The van der Waals surface area contributed by atoms with Gasteiger partial charge in [0.25, 0.3) is 11.8 Å². The topological polar surface area (TPSA) is 174 Å². The van der Waals surface area contributed by atoms with Crippen LogP contribution < -0.4 is 19.5 Å². The molecule has 2 aliphatic carbocycles. The normalized spacial score (nSPS) is 29.4. The standard InChI is InChI=1S/C45H56F5N5O9S/c1-40(2,3)63-34(56)20-27-10-8-6-5-7-9-11-28-22-44(28,39(59)53-65(60,61)41(4)16-17-41)52-37(57)33-23-42(24-55(33)38(27)58)15-14-30-31-21-29(62-19-18-54-25-43(46,47)26-54)12-13-32(31)51-36(35(30)64-42)45(48,49)50/h9,11-13,21,27-28,33H,5-8,10,14-20,22-26H2,1-4H3,(H,52,57)(H,53,59)/b11-9-/t27-,28-,33+,42-,44-/m1/s1. The van der Waals surface area contributed by atoms with Crippen LogP contribution in [0.3, 0.4) is 0 Å². The Hall–Kier alpha value is -4.59. The van der Waals surface area contributed by atoms with Gasteiger partial charge in [0.2, 0.25) is 21.8 Å². The molecule has 8 rings (SSSR count). The van der Waals surface area contributed by atoms with E-state index in [1.807, 2.05) is 6.08 Å². The number of sulfonamides is 1. The van der Waals surface area contributed by atoms with Crippen LogP contribution in [0.5, 0.6) is 11.5 Å². The molecule has 14 nitrogen and oxygen atoms in total. The smallest absolute Gasteiger partial charge is 0.437 e. The lowest BCUT2D eigenvalue weighted by atomic mass is 9.87. The molecule has 65 heavy (non-hydrogen) atoms. The zero-order valence-corrected chi connectivity index (χ0v) is 37.8. The molecular weight excluding hydrogens is 882 g/mol. The van der Waals surface area contributed by atoms with Gasteiger partial charge in [0.05, 0.1) is 36.3 Å². The van der Waals surface area contributed by atoms with Gasteiger partial charge in [-0.2, -0.15) is 13.2 Å². The molecule has 3 amide bonds. The highest BCUT2D eigenvalue weighted by atomic mass is 32.2. The average molecular weight is 938 g/mol. The minimum absolute atomic E-state index is 0.00269. The summed E-state index contributed by atoms with van der Waals surface area (Å²) in [7, 11) is -4.12. The SMILES string of the molecule is CC(C)(C)OC(=O)C[C@H]1CCCCC/C=C\[C@@H]2C[C@@]2(C(=O)NS(=O)(=O)C2(C)CC2)NC(=O)[C@@H]2C[C@]3(CCc4c(c(C(F)(F)F)nc5ccc(OCCN6CC(F)(F)C6)cc45)O3)CN2C1=O. The van der Waals surface area contributed by atoms with E-state index in [1.54, 1.807) is 26.8 Å². The third-order valence-electron chi connectivity index (χ3n) is 13.6. The maximum atomic E-state index is 15.0. The number of amides is 3. The van der Waals surface area contributed by atoms with E-state index in [-0.39, 0.29) is 75.1 Å². The predicted molar refractivity (Wildman–Crippen MR) is 225 cm³/mol. The van der Waals surface area contributed by atoms with Crippen molar-refractivity contribution in [3.8, 4) is 11.5 Å². The van der Waals surface area contributed by atoms with Crippen molar-refractivity contribution in [3.63, 3.8) is 0 Å². The van der Waals surface area contributed by atoms with Crippen molar-refractivity contribution in [1.82, 2.24) is 24.8 Å². The van der Waals surface area contributed by atoms with Crippen molar-refractivity contribution < 1.29 is 63.8 Å². The highest BCUT2D eigenvalue weighted by Gasteiger charge is 2.64. The first-order valence-electron chi connectivity index (χ1n) is 22.4. The first kappa shape index (κ1) is 46.9. The zero-order chi connectivity index (χ0) is 47.0. The molecule has 4 aliphatic heterocycles. The summed E-state index contributed by atoms with van der Waals surface area (Å²) in [6, 6.07) is 2.95. The number of esters is 1. The van der Waals surface area contributed by atoms with E-state index in [4.69, 9.17) is 14.2 Å². The maximum absolute atomic E-state index is 15.0. The van der Waals surface area contributed by atoms with Crippen molar-refractivity contribution in [2.24, 2.45) is 11.8 Å². The van der Waals surface area contributed by atoms with Crippen LogP contribution in [0.25, 0.3) is 10.9 Å². The van der Waals surface area contributed by atoms with Gasteiger partial charge in [-0.05, 0) is 97.3 Å². The number of rotatable bonds is 9. The molecule has 6 aliphatic rings. The molecule has 4 fully saturated rings. The Morgan fingerprint density at radius 3 is 2.45 bits per heavy atom. The van der Waals surface area contributed by atoms with Gasteiger partial charge in [-0.25, -0.2) is 22.2 Å². The number of nitrogens with one attached hydrogen (secondary N) is 2. The number of carbonyl (C=O) groups excluding carboxylic acids is 4. The molecule has 2 aromatic rings. The van der Waals surface area contributed by atoms with E-state index in [0.29, 0.717) is 43.9 Å². The fourth-order valence-corrected chi connectivity index (χ4v) is 10.9. The minimum atomic E-state index is -4.99. The number of hydrogen-bond donors (Lipinski definition) is 2. The largest absolute Gasteiger partial charge is 0.492 e. The highest BCUT2D eigenvalue weighted by Crippen LogP contribution is 2.51. The van der Waals surface area contributed by atoms with Crippen molar-refractivity contribution >= 4 is 44.6 Å². The third-order valence-corrected chi connectivity index (χ3v) is 15.7. The second kappa shape index (κ2) is 16.6. The summed E-state index contributed by atoms with van der Waals surface area (Å²) >= 11 is 0. The van der Waals surface area contributed by atoms with Crippen LogP contribution >= 0.6 is 0 Å². The second-order valence-electron chi connectivity index (χ2n) is 20.0. The number of aromatic nitrogens is 1.